The number of hydrogen-bond donors (Lipinski definition) is 0. The minimum Gasteiger partial charge on any atom is -0.495 e. The molecule has 3 aromatic rings. The van der Waals surface area contributed by atoms with Crippen molar-refractivity contribution < 1.29 is 9.53 Å². The minimum atomic E-state index is -0.197. The topological polar surface area (TPSA) is 43.6 Å². The summed E-state index contributed by atoms with van der Waals surface area (Å²) >= 11 is 2.91. The molecule has 0 aliphatic rings. The van der Waals surface area contributed by atoms with Crippen molar-refractivity contribution >= 4 is 38.8 Å². The van der Waals surface area contributed by atoms with Crippen LogP contribution in [0.4, 0.5) is 0 Å². The average molecular weight is 318 g/mol. The molecule has 1 aromatic carbocycles. The standard InChI is InChI=1S/C15H14N2O2S2/c1-3-17-13-10(19-2)6-4-7-11(13)21-15(17)16-14(18)12-8-5-9-20-12/h4-9H,3H2,1-2H3. The average Bonchev–Trinajstić information content (AvgIpc) is 3.13. The predicted octanol–water partition coefficient (Wildman–Crippen LogP) is 3.53. The first-order valence-corrected chi connectivity index (χ1v) is 8.23. The van der Waals surface area contributed by atoms with Crippen molar-refractivity contribution in [2.45, 2.75) is 13.5 Å². The molecule has 0 aliphatic heterocycles. The summed E-state index contributed by atoms with van der Waals surface area (Å²) in [5, 5.41) is 1.88. The zero-order chi connectivity index (χ0) is 14.8. The molecule has 1 amide bonds. The Morgan fingerprint density at radius 3 is 2.86 bits per heavy atom. The predicted molar refractivity (Wildman–Crippen MR) is 86.3 cm³/mol. The fourth-order valence-corrected chi connectivity index (χ4v) is 3.90. The first-order chi connectivity index (χ1) is 10.2. The fraction of sp³-hybridized carbons (Fsp3) is 0.200. The summed E-state index contributed by atoms with van der Waals surface area (Å²) in [6, 6.07) is 9.54. The van der Waals surface area contributed by atoms with Gasteiger partial charge in [-0.2, -0.15) is 4.99 Å². The van der Waals surface area contributed by atoms with Crippen LogP contribution in [0.5, 0.6) is 5.75 Å². The Bertz CT molecular complexity index is 844. The summed E-state index contributed by atoms with van der Waals surface area (Å²) in [6.45, 7) is 2.77. The highest BCUT2D eigenvalue weighted by Crippen LogP contribution is 2.27. The van der Waals surface area contributed by atoms with Gasteiger partial charge in [0.25, 0.3) is 5.91 Å². The van der Waals surface area contributed by atoms with Crippen LogP contribution in [0, 0.1) is 0 Å². The molecule has 0 aliphatic carbocycles. The smallest absolute Gasteiger partial charge is 0.289 e. The molecule has 0 saturated carbocycles. The Morgan fingerprint density at radius 1 is 1.33 bits per heavy atom. The Morgan fingerprint density at radius 2 is 2.19 bits per heavy atom. The van der Waals surface area contributed by atoms with Crippen LogP contribution in [0.3, 0.4) is 0 Å². The zero-order valence-corrected chi connectivity index (χ0v) is 13.3. The van der Waals surface area contributed by atoms with Crippen molar-refractivity contribution in [3.8, 4) is 5.75 Å². The maximum absolute atomic E-state index is 12.2. The summed E-state index contributed by atoms with van der Waals surface area (Å²) in [5.74, 6) is 0.605. The third-order valence-corrected chi connectivity index (χ3v) is 5.03. The van der Waals surface area contributed by atoms with Crippen LogP contribution in [0.1, 0.15) is 16.6 Å². The van der Waals surface area contributed by atoms with Crippen LogP contribution in [-0.2, 0) is 6.54 Å². The van der Waals surface area contributed by atoms with E-state index in [0.717, 1.165) is 22.5 Å². The van der Waals surface area contributed by atoms with Gasteiger partial charge in [-0.15, -0.1) is 11.3 Å². The highest BCUT2D eigenvalue weighted by Gasteiger charge is 2.12. The number of carbonyl (C=O) groups excluding carboxylic acids is 1. The van der Waals surface area contributed by atoms with Crippen LogP contribution in [-0.4, -0.2) is 17.6 Å². The quantitative estimate of drug-likeness (QED) is 0.741. The van der Waals surface area contributed by atoms with Crippen LogP contribution < -0.4 is 9.54 Å². The summed E-state index contributed by atoms with van der Waals surface area (Å²) in [4.78, 5) is 17.8. The lowest BCUT2D eigenvalue weighted by molar-refractivity contribution is 0.100. The Balaban J connectivity index is 2.21. The van der Waals surface area contributed by atoms with Gasteiger partial charge in [-0.25, -0.2) is 0 Å². The second kappa shape index (κ2) is 5.83. The fourth-order valence-electron chi connectivity index (χ4n) is 2.18. The Labute approximate surface area is 130 Å². The van der Waals surface area contributed by atoms with Gasteiger partial charge in [0.1, 0.15) is 11.3 Å². The lowest BCUT2D eigenvalue weighted by Gasteiger charge is -2.05. The zero-order valence-electron chi connectivity index (χ0n) is 11.7. The van der Waals surface area contributed by atoms with E-state index >= 15 is 0 Å². The van der Waals surface area contributed by atoms with E-state index in [1.54, 1.807) is 13.2 Å². The molecule has 0 spiro atoms. The van der Waals surface area contributed by atoms with Crippen molar-refractivity contribution in [2.24, 2.45) is 4.99 Å². The number of aromatic nitrogens is 1. The molecule has 4 nitrogen and oxygen atoms in total. The molecular formula is C15H14N2O2S2. The first-order valence-electron chi connectivity index (χ1n) is 6.53. The number of ether oxygens (including phenoxy) is 1. The number of para-hydroxylation sites is 1. The first kappa shape index (κ1) is 14.0. The van der Waals surface area contributed by atoms with Gasteiger partial charge < -0.3 is 9.30 Å². The van der Waals surface area contributed by atoms with Crippen molar-refractivity contribution in [3.05, 3.63) is 45.4 Å². The van der Waals surface area contributed by atoms with E-state index in [1.165, 1.54) is 22.7 Å². The number of aryl methyl sites for hydroxylation is 1. The van der Waals surface area contributed by atoms with E-state index in [4.69, 9.17) is 4.74 Å². The molecule has 0 radical (unpaired) electrons. The number of amides is 1. The molecule has 0 fully saturated rings. The van der Waals surface area contributed by atoms with Crippen molar-refractivity contribution in [1.82, 2.24) is 4.57 Å². The summed E-state index contributed by atoms with van der Waals surface area (Å²) in [7, 11) is 1.65. The molecule has 2 heterocycles. The van der Waals surface area contributed by atoms with Gasteiger partial charge in [-0.1, -0.05) is 23.5 Å². The number of fused-ring (bicyclic) bond motifs is 1. The number of nitrogens with zero attached hydrogens (tertiary/aromatic N) is 2. The van der Waals surface area contributed by atoms with E-state index < -0.39 is 0 Å². The van der Waals surface area contributed by atoms with Crippen LogP contribution in [0.15, 0.2) is 40.7 Å². The van der Waals surface area contributed by atoms with Gasteiger partial charge in [0.05, 0.1) is 16.7 Å². The monoisotopic (exact) mass is 318 g/mol. The van der Waals surface area contributed by atoms with Crippen molar-refractivity contribution in [2.75, 3.05) is 7.11 Å². The van der Waals surface area contributed by atoms with Gasteiger partial charge in [0, 0.05) is 6.54 Å². The number of carbonyl (C=O) groups is 1. The second-order valence-electron chi connectivity index (χ2n) is 4.33. The Hall–Kier alpha value is -1.92. The largest absolute Gasteiger partial charge is 0.495 e. The number of thiophene rings is 1. The highest BCUT2D eigenvalue weighted by atomic mass is 32.1. The SMILES string of the molecule is CCn1c(=NC(=O)c2cccs2)sc2cccc(OC)c21. The maximum atomic E-state index is 12.2. The van der Waals surface area contributed by atoms with Gasteiger partial charge in [0.15, 0.2) is 4.80 Å². The molecule has 0 N–H and O–H groups in total. The lowest BCUT2D eigenvalue weighted by atomic mass is 10.3. The molecule has 0 unspecified atom stereocenters. The Kier molecular flexibility index (Phi) is 3.90. The van der Waals surface area contributed by atoms with E-state index in [0.29, 0.717) is 9.68 Å². The van der Waals surface area contributed by atoms with Crippen LogP contribution in [0.2, 0.25) is 0 Å². The third-order valence-electron chi connectivity index (χ3n) is 3.13. The van der Waals surface area contributed by atoms with E-state index in [2.05, 4.69) is 4.99 Å². The molecule has 108 valence electrons. The number of hydrogen-bond acceptors (Lipinski definition) is 4. The number of benzene rings is 1. The molecule has 0 saturated heterocycles. The highest BCUT2D eigenvalue weighted by molar-refractivity contribution is 7.16. The van der Waals surface area contributed by atoms with Crippen LogP contribution in [0.25, 0.3) is 10.2 Å². The normalized spacial score (nSPS) is 12.0. The van der Waals surface area contributed by atoms with E-state index in [1.807, 2.05) is 41.1 Å². The van der Waals surface area contributed by atoms with Gasteiger partial charge >= 0.3 is 0 Å². The van der Waals surface area contributed by atoms with E-state index in [-0.39, 0.29) is 5.91 Å². The molecule has 0 atom stereocenters. The van der Waals surface area contributed by atoms with E-state index in [9.17, 15) is 4.79 Å². The lowest BCUT2D eigenvalue weighted by Crippen LogP contribution is -2.15. The molecule has 6 heteroatoms. The number of methoxy groups -OCH3 is 1. The number of thiazole rings is 1. The third kappa shape index (κ3) is 2.52. The van der Waals surface area contributed by atoms with Crippen molar-refractivity contribution in [1.29, 1.82) is 0 Å². The number of rotatable bonds is 3. The summed E-state index contributed by atoms with van der Waals surface area (Å²) in [6.07, 6.45) is 0. The summed E-state index contributed by atoms with van der Waals surface area (Å²) < 4.78 is 8.50. The van der Waals surface area contributed by atoms with Gasteiger partial charge in [-0.3, -0.25) is 4.79 Å². The molecular weight excluding hydrogens is 304 g/mol. The maximum Gasteiger partial charge on any atom is 0.289 e. The van der Waals surface area contributed by atoms with Crippen molar-refractivity contribution in [3.63, 3.8) is 0 Å². The molecule has 21 heavy (non-hydrogen) atoms. The minimum absolute atomic E-state index is 0.197. The molecule has 2 aromatic heterocycles. The molecule has 3 rings (SSSR count). The van der Waals surface area contributed by atoms with Gasteiger partial charge in [-0.05, 0) is 30.5 Å². The summed E-state index contributed by atoms with van der Waals surface area (Å²) in [5.41, 5.74) is 0.991. The second-order valence-corrected chi connectivity index (χ2v) is 6.29. The van der Waals surface area contributed by atoms with Gasteiger partial charge in [0.2, 0.25) is 0 Å². The molecule has 0 bridgehead atoms. The van der Waals surface area contributed by atoms with Crippen LogP contribution >= 0.6 is 22.7 Å².